The van der Waals surface area contributed by atoms with Crippen molar-refractivity contribution in [1.82, 2.24) is 15.1 Å². The van der Waals surface area contributed by atoms with E-state index in [9.17, 15) is 18.0 Å². The summed E-state index contributed by atoms with van der Waals surface area (Å²) in [4.78, 5) is 15.5. The van der Waals surface area contributed by atoms with E-state index in [4.69, 9.17) is 4.74 Å². The van der Waals surface area contributed by atoms with Gasteiger partial charge in [-0.2, -0.15) is 13.2 Å². The molecule has 2 saturated heterocycles. The molecular formula is C13H24Cl2F3N3O2. The maximum absolute atomic E-state index is 12.5. The Bertz CT molecular complexity index is 375. The lowest BCUT2D eigenvalue weighted by atomic mass is 10.1. The van der Waals surface area contributed by atoms with Gasteiger partial charge in [0.15, 0.2) is 0 Å². The lowest BCUT2D eigenvalue weighted by Crippen LogP contribution is -2.56. The molecule has 2 atom stereocenters. The van der Waals surface area contributed by atoms with Crippen LogP contribution in [0.3, 0.4) is 0 Å². The molecule has 0 unspecified atom stereocenters. The molecule has 0 aliphatic carbocycles. The lowest BCUT2D eigenvalue weighted by Gasteiger charge is -2.33. The van der Waals surface area contributed by atoms with Crippen molar-refractivity contribution >= 4 is 30.7 Å². The Morgan fingerprint density at radius 3 is 2.52 bits per heavy atom. The van der Waals surface area contributed by atoms with Crippen LogP contribution in [0.1, 0.15) is 13.3 Å². The van der Waals surface area contributed by atoms with E-state index in [0.29, 0.717) is 39.2 Å². The summed E-state index contributed by atoms with van der Waals surface area (Å²) in [6.45, 7) is 3.58. The smallest absolute Gasteiger partial charge is 0.375 e. The number of alkyl halides is 3. The molecule has 1 amide bonds. The Morgan fingerprint density at radius 2 is 1.91 bits per heavy atom. The van der Waals surface area contributed by atoms with Crippen molar-refractivity contribution in [2.24, 2.45) is 0 Å². The van der Waals surface area contributed by atoms with E-state index >= 15 is 0 Å². The first kappa shape index (κ1) is 22.7. The fourth-order valence-corrected chi connectivity index (χ4v) is 2.81. The molecule has 0 saturated carbocycles. The van der Waals surface area contributed by atoms with Gasteiger partial charge in [-0.1, -0.05) is 0 Å². The second-order valence-corrected chi connectivity index (χ2v) is 5.58. The molecule has 2 heterocycles. The van der Waals surface area contributed by atoms with Gasteiger partial charge in [0.25, 0.3) is 0 Å². The quantitative estimate of drug-likeness (QED) is 0.782. The van der Waals surface area contributed by atoms with Crippen LogP contribution in [0.15, 0.2) is 0 Å². The largest absolute Gasteiger partial charge is 0.401 e. The summed E-state index contributed by atoms with van der Waals surface area (Å²) in [5, 5.41) is 3.13. The van der Waals surface area contributed by atoms with Gasteiger partial charge in [-0.3, -0.25) is 9.69 Å². The Hall–Kier alpha value is -0.280. The number of amides is 1. The van der Waals surface area contributed by atoms with Crippen LogP contribution >= 0.6 is 24.8 Å². The van der Waals surface area contributed by atoms with Crippen molar-refractivity contribution in [3.63, 3.8) is 0 Å². The number of ether oxygens (including phenoxy) is 1. The minimum absolute atomic E-state index is 0. The van der Waals surface area contributed by atoms with E-state index in [2.05, 4.69) is 5.32 Å². The van der Waals surface area contributed by atoms with Crippen molar-refractivity contribution in [2.75, 3.05) is 45.9 Å². The molecule has 0 aromatic heterocycles. The van der Waals surface area contributed by atoms with Crippen LogP contribution in [0.4, 0.5) is 13.2 Å². The maximum Gasteiger partial charge on any atom is 0.401 e. The third kappa shape index (κ3) is 7.01. The molecule has 0 aromatic rings. The minimum Gasteiger partial charge on any atom is -0.375 e. The molecule has 0 aromatic carbocycles. The topological polar surface area (TPSA) is 44.8 Å². The van der Waals surface area contributed by atoms with Gasteiger partial charge in [0.2, 0.25) is 5.91 Å². The normalized spacial score (nSPS) is 26.7. The molecule has 0 radical (unpaired) electrons. The summed E-state index contributed by atoms with van der Waals surface area (Å²) in [5.41, 5.74) is 0. The first-order valence-corrected chi connectivity index (χ1v) is 7.30. The van der Waals surface area contributed by atoms with E-state index in [0.717, 1.165) is 0 Å². The molecule has 138 valence electrons. The zero-order valence-corrected chi connectivity index (χ0v) is 14.6. The zero-order valence-electron chi connectivity index (χ0n) is 13.0. The Labute approximate surface area is 146 Å². The average Bonchev–Trinajstić information content (AvgIpc) is 2.62. The first-order chi connectivity index (χ1) is 9.87. The lowest BCUT2D eigenvalue weighted by molar-refractivity contribution is -0.145. The summed E-state index contributed by atoms with van der Waals surface area (Å²) in [5.74, 6) is -0.0731. The van der Waals surface area contributed by atoms with Gasteiger partial charge < -0.3 is 15.0 Å². The van der Waals surface area contributed by atoms with Crippen molar-refractivity contribution < 1.29 is 22.7 Å². The van der Waals surface area contributed by atoms with Gasteiger partial charge >= 0.3 is 6.18 Å². The van der Waals surface area contributed by atoms with Crippen LogP contribution in [0.2, 0.25) is 0 Å². The van der Waals surface area contributed by atoms with Crippen LogP contribution in [-0.4, -0.2) is 79.9 Å². The van der Waals surface area contributed by atoms with E-state index in [-0.39, 0.29) is 43.4 Å². The molecule has 23 heavy (non-hydrogen) atoms. The fraction of sp³-hybridized carbons (Fsp3) is 0.923. The van der Waals surface area contributed by atoms with Crippen molar-refractivity contribution in [3.05, 3.63) is 0 Å². The first-order valence-electron chi connectivity index (χ1n) is 7.30. The second kappa shape index (κ2) is 9.88. The molecule has 2 aliphatic heterocycles. The van der Waals surface area contributed by atoms with E-state index in [1.54, 1.807) is 4.90 Å². The molecule has 2 aliphatic rings. The third-order valence-corrected chi connectivity index (χ3v) is 3.89. The molecule has 1 N–H and O–H groups in total. The molecule has 0 spiro atoms. The highest BCUT2D eigenvalue weighted by Crippen LogP contribution is 2.18. The van der Waals surface area contributed by atoms with Gasteiger partial charge in [0.05, 0.1) is 19.3 Å². The number of carbonyl (C=O) groups is 1. The van der Waals surface area contributed by atoms with Crippen molar-refractivity contribution in [3.8, 4) is 0 Å². The standard InChI is InChI=1S/C13H22F3N3O2.2ClH/c1-10-11(17-3-8-21-10)12(20)19-5-2-4-18(6-7-19)9-13(14,15)16;;/h10-11,17H,2-9H2,1H3;2*1H/t10-,11+;;/m1../s1. The molecular weight excluding hydrogens is 358 g/mol. The average molecular weight is 382 g/mol. The highest BCUT2D eigenvalue weighted by molar-refractivity contribution is 5.85. The van der Waals surface area contributed by atoms with Crippen molar-refractivity contribution in [2.45, 2.75) is 31.7 Å². The summed E-state index contributed by atoms with van der Waals surface area (Å²) < 4.78 is 42.7. The SMILES string of the molecule is C[C@H]1OCCN[C@@H]1C(=O)N1CCCN(CC(F)(F)F)CC1.Cl.Cl. The Balaban J connectivity index is 0.00000242. The van der Waals surface area contributed by atoms with Crippen LogP contribution in [0, 0.1) is 0 Å². The number of halogens is 5. The number of morpholine rings is 1. The number of carbonyl (C=O) groups excluding carboxylic acids is 1. The van der Waals surface area contributed by atoms with Crippen LogP contribution in [0.5, 0.6) is 0 Å². The highest BCUT2D eigenvalue weighted by atomic mass is 35.5. The zero-order chi connectivity index (χ0) is 15.5. The van der Waals surface area contributed by atoms with Gasteiger partial charge in [0, 0.05) is 32.7 Å². The predicted octanol–water partition coefficient (Wildman–Crippen LogP) is 1.30. The summed E-state index contributed by atoms with van der Waals surface area (Å²) in [6.07, 6.45) is -3.84. The van der Waals surface area contributed by atoms with Crippen molar-refractivity contribution in [1.29, 1.82) is 0 Å². The number of rotatable bonds is 2. The monoisotopic (exact) mass is 381 g/mol. The number of hydrogen-bond donors (Lipinski definition) is 1. The molecule has 0 bridgehead atoms. The van der Waals surface area contributed by atoms with E-state index in [1.165, 1.54) is 4.90 Å². The Morgan fingerprint density at radius 1 is 1.22 bits per heavy atom. The number of hydrogen-bond acceptors (Lipinski definition) is 4. The van der Waals surface area contributed by atoms with Gasteiger partial charge in [-0.05, 0) is 13.3 Å². The minimum atomic E-state index is -4.19. The van der Waals surface area contributed by atoms with Crippen LogP contribution in [-0.2, 0) is 9.53 Å². The molecule has 2 rings (SSSR count). The fourth-order valence-electron chi connectivity index (χ4n) is 2.81. The predicted molar refractivity (Wildman–Crippen MR) is 85.4 cm³/mol. The maximum atomic E-state index is 12.5. The van der Waals surface area contributed by atoms with Crippen LogP contribution < -0.4 is 5.32 Å². The molecule has 10 heteroatoms. The van der Waals surface area contributed by atoms with Gasteiger partial charge in [-0.15, -0.1) is 24.8 Å². The highest BCUT2D eigenvalue weighted by Gasteiger charge is 2.34. The molecule has 2 fully saturated rings. The van der Waals surface area contributed by atoms with Gasteiger partial charge in [-0.25, -0.2) is 0 Å². The third-order valence-electron chi connectivity index (χ3n) is 3.89. The van der Waals surface area contributed by atoms with Gasteiger partial charge in [0.1, 0.15) is 6.04 Å². The second-order valence-electron chi connectivity index (χ2n) is 5.58. The van der Waals surface area contributed by atoms with E-state index < -0.39 is 18.8 Å². The van der Waals surface area contributed by atoms with E-state index in [1.807, 2.05) is 6.92 Å². The summed E-state index contributed by atoms with van der Waals surface area (Å²) >= 11 is 0. The van der Waals surface area contributed by atoms with Crippen LogP contribution in [0.25, 0.3) is 0 Å². The number of nitrogens with zero attached hydrogens (tertiary/aromatic N) is 2. The summed E-state index contributed by atoms with van der Waals surface area (Å²) in [6, 6.07) is -0.395. The Kier molecular flexibility index (Phi) is 9.76. The summed E-state index contributed by atoms with van der Waals surface area (Å²) in [7, 11) is 0. The number of nitrogens with one attached hydrogen (secondary N) is 1. The molecule has 5 nitrogen and oxygen atoms in total.